The molecular weight excluding hydrogens is 298 g/mol. The largest absolute Gasteiger partial charge is 0.461 e. The van der Waals surface area contributed by atoms with Crippen molar-refractivity contribution in [3.8, 4) is 0 Å². The molecule has 0 bridgehead atoms. The second kappa shape index (κ2) is 5.40. The summed E-state index contributed by atoms with van der Waals surface area (Å²) in [6.45, 7) is 9.05. The van der Waals surface area contributed by atoms with Gasteiger partial charge in [-0.1, -0.05) is 0 Å². The number of hydrogen-bond donors (Lipinski definition) is 0. The average molecular weight is 316 g/mol. The standard InChI is InChI=1S/C12H18BrN3O2/c1-4-18-11(17)10-9-7-15(8(2)3)5-6-16(9)12(13)14-10/h8H,4-7H2,1-3H3. The number of carbonyl (C=O) groups is 1. The van der Waals surface area contributed by atoms with Crippen LogP contribution in [-0.4, -0.2) is 39.6 Å². The second-order valence-electron chi connectivity index (χ2n) is 4.61. The lowest BCUT2D eigenvalue weighted by Crippen LogP contribution is -2.38. The summed E-state index contributed by atoms with van der Waals surface area (Å²) in [4.78, 5) is 18.5. The first-order valence-corrected chi connectivity index (χ1v) is 7.00. The summed E-state index contributed by atoms with van der Waals surface area (Å²) < 4.78 is 7.81. The minimum Gasteiger partial charge on any atom is -0.461 e. The van der Waals surface area contributed by atoms with E-state index in [1.165, 1.54) is 0 Å². The van der Waals surface area contributed by atoms with E-state index in [0.717, 1.165) is 25.3 Å². The van der Waals surface area contributed by atoms with Gasteiger partial charge in [-0.15, -0.1) is 0 Å². The van der Waals surface area contributed by atoms with Crippen LogP contribution < -0.4 is 0 Å². The van der Waals surface area contributed by atoms with Gasteiger partial charge in [0.05, 0.1) is 12.3 Å². The second-order valence-corrected chi connectivity index (χ2v) is 5.32. The molecule has 0 unspecified atom stereocenters. The van der Waals surface area contributed by atoms with Gasteiger partial charge in [-0.05, 0) is 36.7 Å². The maximum atomic E-state index is 11.9. The Morgan fingerprint density at radius 3 is 2.83 bits per heavy atom. The molecule has 1 aliphatic rings. The first-order chi connectivity index (χ1) is 8.54. The van der Waals surface area contributed by atoms with E-state index >= 15 is 0 Å². The smallest absolute Gasteiger partial charge is 0.358 e. The van der Waals surface area contributed by atoms with Gasteiger partial charge in [0.2, 0.25) is 0 Å². The molecular formula is C12H18BrN3O2. The Labute approximate surface area is 115 Å². The lowest BCUT2D eigenvalue weighted by atomic mass is 10.2. The fourth-order valence-corrected chi connectivity index (χ4v) is 2.72. The molecule has 0 atom stereocenters. The van der Waals surface area contributed by atoms with Gasteiger partial charge in [0.15, 0.2) is 10.4 Å². The highest BCUT2D eigenvalue weighted by molar-refractivity contribution is 9.10. The Hall–Kier alpha value is -0.880. The fraction of sp³-hybridized carbons (Fsp3) is 0.667. The molecule has 6 heteroatoms. The molecule has 2 rings (SSSR count). The molecule has 1 aromatic heterocycles. The lowest BCUT2D eigenvalue weighted by molar-refractivity contribution is 0.0515. The molecule has 0 saturated heterocycles. The van der Waals surface area contributed by atoms with Crippen LogP contribution >= 0.6 is 15.9 Å². The summed E-state index contributed by atoms with van der Waals surface area (Å²) in [5.74, 6) is -0.336. The van der Waals surface area contributed by atoms with Gasteiger partial charge in [0, 0.05) is 25.7 Å². The van der Waals surface area contributed by atoms with Crippen molar-refractivity contribution in [3.05, 3.63) is 16.1 Å². The number of esters is 1. The van der Waals surface area contributed by atoms with Crippen molar-refractivity contribution in [2.24, 2.45) is 0 Å². The number of rotatable bonds is 3. The third kappa shape index (κ3) is 2.44. The summed E-state index contributed by atoms with van der Waals surface area (Å²) in [6, 6.07) is 0.461. The Kier molecular flexibility index (Phi) is 4.07. The number of fused-ring (bicyclic) bond motifs is 1. The summed E-state index contributed by atoms with van der Waals surface area (Å²) in [6.07, 6.45) is 0. The Morgan fingerprint density at radius 2 is 2.22 bits per heavy atom. The lowest BCUT2D eigenvalue weighted by Gasteiger charge is -2.31. The van der Waals surface area contributed by atoms with Gasteiger partial charge in [-0.2, -0.15) is 0 Å². The average Bonchev–Trinajstić information content (AvgIpc) is 2.67. The van der Waals surface area contributed by atoms with E-state index in [9.17, 15) is 4.79 Å². The normalized spacial score (nSPS) is 15.8. The molecule has 0 saturated carbocycles. The zero-order valence-electron chi connectivity index (χ0n) is 10.9. The van der Waals surface area contributed by atoms with Crippen LogP contribution in [0.5, 0.6) is 0 Å². The van der Waals surface area contributed by atoms with Crippen LogP contribution in [0, 0.1) is 0 Å². The molecule has 2 heterocycles. The number of halogens is 1. The molecule has 0 spiro atoms. The summed E-state index contributed by atoms with van der Waals surface area (Å²) in [7, 11) is 0. The summed E-state index contributed by atoms with van der Waals surface area (Å²) in [5.41, 5.74) is 1.38. The van der Waals surface area contributed by atoms with Crippen molar-refractivity contribution in [2.75, 3.05) is 13.2 Å². The molecule has 0 aromatic carbocycles. The Morgan fingerprint density at radius 1 is 1.50 bits per heavy atom. The molecule has 18 heavy (non-hydrogen) atoms. The number of carbonyl (C=O) groups excluding carboxylic acids is 1. The number of imidazole rings is 1. The van der Waals surface area contributed by atoms with Crippen molar-refractivity contribution >= 4 is 21.9 Å². The Balaban J connectivity index is 2.32. The molecule has 0 radical (unpaired) electrons. The minimum atomic E-state index is -0.336. The molecule has 5 nitrogen and oxygen atoms in total. The van der Waals surface area contributed by atoms with Crippen molar-refractivity contribution in [1.82, 2.24) is 14.5 Å². The van der Waals surface area contributed by atoms with E-state index in [2.05, 4.69) is 39.7 Å². The van der Waals surface area contributed by atoms with Crippen LogP contribution in [0.4, 0.5) is 0 Å². The molecule has 0 N–H and O–H groups in total. The molecule has 0 aliphatic carbocycles. The monoisotopic (exact) mass is 315 g/mol. The first-order valence-electron chi connectivity index (χ1n) is 6.20. The minimum absolute atomic E-state index is 0.336. The third-order valence-corrected chi connectivity index (χ3v) is 3.79. The zero-order chi connectivity index (χ0) is 13.3. The Bertz CT molecular complexity index is 456. The fourth-order valence-electron chi connectivity index (χ4n) is 2.15. The topological polar surface area (TPSA) is 47.4 Å². The zero-order valence-corrected chi connectivity index (χ0v) is 12.5. The highest BCUT2D eigenvalue weighted by Gasteiger charge is 2.28. The van der Waals surface area contributed by atoms with Gasteiger partial charge in [-0.3, -0.25) is 4.90 Å². The van der Waals surface area contributed by atoms with Gasteiger partial charge in [0.25, 0.3) is 0 Å². The number of aromatic nitrogens is 2. The molecule has 1 aliphatic heterocycles. The van der Waals surface area contributed by atoms with E-state index in [1.807, 2.05) is 4.57 Å². The van der Waals surface area contributed by atoms with Crippen molar-refractivity contribution in [2.45, 2.75) is 39.9 Å². The van der Waals surface area contributed by atoms with Crippen LogP contribution in [0.3, 0.4) is 0 Å². The SMILES string of the molecule is CCOC(=O)c1nc(Br)n2c1CN(C(C)C)CC2. The third-order valence-electron chi connectivity index (χ3n) is 3.19. The van der Waals surface area contributed by atoms with Crippen LogP contribution in [0.2, 0.25) is 0 Å². The van der Waals surface area contributed by atoms with E-state index < -0.39 is 0 Å². The quantitative estimate of drug-likeness (QED) is 0.801. The van der Waals surface area contributed by atoms with Crippen LogP contribution in [0.15, 0.2) is 4.73 Å². The summed E-state index contributed by atoms with van der Waals surface area (Å²) in [5, 5.41) is 0. The summed E-state index contributed by atoms with van der Waals surface area (Å²) >= 11 is 3.40. The molecule has 0 amide bonds. The predicted octanol–water partition coefficient (Wildman–Crippen LogP) is 2.05. The maximum absolute atomic E-state index is 11.9. The van der Waals surface area contributed by atoms with Crippen LogP contribution in [-0.2, 0) is 17.8 Å². The van der Waals surface area contributed by atoms with Crippen molar-refractivity contribution in [3.63, 3.8) is 0 Å². The van der Waals surface area contributed by atoms with Gasteiger partial charge in [0.1, 0.15) is 0 Å². The molecule has 1 aromatic rings. The molecule has 0 fully saturated rings. The molecule has 100 valence electrons. The predicted molar refractivity (Wildman–Crippen MR) is 71.4 cm³/mol. The van der Waals surface area contributed by atoms with Gasteiger partial charge in [-0.25, -0.2) is 9.78 Å². The number of hydrogen-bond acceptors (Lipinski definition) is 4. The number of nitrogens with zero attached hydrogens (tertiary/aromatic N) is 3. The van der Waals surface area contributed by atoms with Crippen LogP contribution in [0.25, 0.3) is 0 Å². The first kappa shape index (κ1) is 13.5. The maximum Gasteiger partial charge on any atom is 0.358 e. The van der Waals surface area contributed by atoms with Crippen molar-refractivity contribution < 1.29 is 9.53 Å². The van der Waals surface area contributed by atoms with Crippen LogP contribution in [0.1, 0.15) is 37.0 Å². The van der Waals surface area contributed by atoms with Gasteiger partial charge < -0.3 is 9.30 Å². The van der Waals surface area contributed by atoms with E-state index in [0.29, 0.717) is 23.1 Å². The highest BCUT2D eigenvalue weighted by atomic mass is 79.9. The highest BCUT2D eigenvalue weighted by Crippen LogP contribution is 2.24. The number of ether oxygens (including phenoxy) is 1. The van der Waals surface area contributed by atoms with Gasteiger partial charge >= 0.3 is 5.97 Å². The van der Waals surface area contributed by atoms with E-state index in [1.54, 1.807) is 6.92 Å². The van der Waals surface area contributed by atoms with Crippen molar-refractivity contribution in [1.29, 1.82) is 0 Å². The van der Waals surface area contributed by atoms with E-state index in [4.69, 9.17) is 4.74 Å². The van der Waals surface area contributed by atoms with E-state index in [-0.39, 0.29) is 5.97 Å².